The Morgan fingerprint density at radius 1 is 1.00 bits per heavy atom. The Hall–Kier alpha value is -1.22. The van der Waals surface area contributed by atoms with E-state index in [0.29, 0.717) is 22.4 Å². The van der Waals surface area contributed by atoms with Gasteiger partial charge in [0.05, 0.1) is 11.1 Å². The zero-order valence-corrected chi connectivity index (χ0v) is 11.2. The molecule has 0 radical (unpaired) electrons. The molecule has 2 aromatic rings. The second kappa shape index (κ2) is 6.10. The molecule has 0 fully saturated rings. The number of rotatable bonds is 4. The van der Waals surface area contributed by atoms with Crippen LogP contribution in [0, 0.1) is 0 Å². The van der Waals surface area contributed by atoms with Crippen molar-refractivity contribution in [3.8, 4) is 5.75 Å². The maximum Gasteiger partial charge on any atom is 0.137 e. The first-order valence-electron chi connectivity index (χ1n) is 5.55. The first-order valence-corrected chi connectivity index (χ1v) is 6.31. The van der Waals surface area contributed by atoms with Crippen LogP contribution in [0.4, 0.5) is 0 Å². The first-order chi connectivity index (χ1) is 8.66. The van der Waals surface area contributed by atoms with Crippen molar-refractivity contribution >= 4 is 23.2 Å². The molecule has 94 valence electrons. The van der Waals surface area contributed by atoms with E-state index in [1.54, 1.807) is 6.07 Å². The molecule has 2 nitrogen and oxygen atoms in total. The summed E-state index contributed by atoms with van der Waals surface area (Å²) in [4.78, 5) is 0. The number of benzene rings is 2. The van der Waals surface area contributed by atoms with Crippen LogP contribution in [0.5, 0.6) is 5.75 Å². The van der Waals surface area contributed by atoms with Crippen molar-refractivity contribution in [2.45, 2.75) is 6.04 Å². The number of hydrogen-bond donors (Lipinski definition) is 1. The summed E-state index contributed by atoms with van der Waals surface area (Å²) in [5, 5.41) is 1.28. The van der Waals surface area contributed by atoms with Gasteiger partial charge in [-0.3, -0.25) is 0 Å². The maximum absolute atomic E-state index is 6.03. The van der Waals surface area contributed by atoms with Crippen molar-refractivity contribution in [2.75, 3.05) is 6.61 Å². The van der Waals surface area contributed by atoms with Crippen molar-refractivity contribution in [3.63, 3.8) is 0 Å². The van der Waals surface area contributed by atoms with Crippen molar-refractivity contribution < 1.29 is 4.74 Å². The van der Waals surface area contributed by atoms with Crippen molar-refractivity contribution in [3.05, 3.63) is 64.1 Å². The van der Waals surface area contributed by atoms with Crippen molar-refractivity contribution in [1.82, 2.24) is 0 Å². The number of nitrogens with two attached hydrogens (primary N) is 1. The highest BCUT2D eigenvalue weighted by Crippen LogP contribution is 2.24. The van der Waals surface area contributed by atoms with Gasteiger partial charge in [0.25, 0.3) is 0 Å². The van der Waals surface area contributed by atoms with Crippen molar-refractivity contribution in [1.29, 1.82) is 0 Å². The van der Waals surface area contributed by atoms with Crippen LogP contribution in [0.3, 0.4) is 0 Å². The summed E-state index contributed by atoms with van der Waals surface area (Å²) in [7, 11) is 0. The summed E-state index contributed by atoms with van der Waals surface area (Å²) in [6.45, 7) is 0.366. The summed E-state index contributed by atoms with van der Waals surface area (Å²) in [6, 6.07) is 14.5. The molecule has 0 amide bonds. The van der Waals surface area contributed by atoms with E-state index in [9.17, 15) is 0 Å². The van der Waals surface area contributed by atoms with E-state index in [-0.39, 0.29) is 6.04 Å². The van der Waals surface area contributed by atoms with E-state index in [0.717, 1.165) is 5.56 Å². The van der Waals surface area contributed by atoms with E-state index >= 15 is 0 Å². The van der Waals surface area contributed by atoms with Gasteiger partial charge in [0.1, 0.15) is 12.4 Å². The predicted molar refractivity (Wildman–Crippen MR) is 75.3 cm³/mol. The lowest BCUT2D eigenvalue weighted by atomic mass is 10.1. The molecule has 1 unspecified atom stereocenters. The topological polar surface area (TPSA) is 35.2 Å². The summed E-state index contributed by atoms with van der Waals surface area (Å²) in [5.41, 5.74) is 7.01. The largest absolute Gasteiger partial charge is 0.490 e. The quantitative estimate of drug-likeness (QED) is 0.917. The monoisotopic (exact) mass is 281 g/mol. The highest BCUT2D eigenvalue weighted by molar-refractivity contribution is 6.32. The van der Waals surface area contributed by atoms with Gasteiger partial charge in [-0.15, -0.1) is 0 Å². The molecule has 4 heteroatoms. The second-order valence-corrected chi connectivity index (χ2v) is 4.74. The molecule has 0 aromatic heterocycles. The molecule has 0 heterocycles. The molecular formula is C14H13Cl2NO. The Morgan fingerprint density at radius 3 is 2.33 bits per heavy atom. The van der Waals surface area contributed by atoms with Gasteiger partial charge in [0, 0.05) is 5.02 Å². The third-order valence-corrected chi connectivity index (χ3v) is 3.12. The fraction of sp³-hybridized carbons (Fsp3) is 0.143. The lowest BCUT2D eigenvalue weighted by molar-refractivity contribution is 0.291. The van der Waals surface area contributed by atoms with Crippen LogP contribution in [0.2, 0.25) is 10.0 Å². The average Bonchev–Trinajstić information content (AvgIpc) is 2.38. The summed E-state index contributed by atoms with van der Waals surface area (Å²) < 4.78 is 5.59. The van der Waals surface area contributed by atoms with Gasteiger partial charge in [0.2, 0.25) is 0 Å². The maximum atomic E-state index is 6.03. The molecule has 18 heavy (non-hydrogen) atoms. The fourth-order valence-corrected chi connectivity index (χ4v) is 1.86. The molecule has 1 atom stereocenters. The van der Waals surface area contributed by atoms with E-state index in [1.807, 2.05) is 42.5 Å². The van der Waals surface area contributed by atoms with Gasteiger partial charge in [-0.1, -0.05) is 47.5 Å². The summed E-state index contributed by atoms with van der Waals surface area (Å²) in [5.74, 6) is 0.642. The molecule has 2 aromatic carbocycles. The Kier molecular flexibility index (Phi) is 4.48. The second-order valence-electron chi connectivity index (χ2n) is 3.90. The van der Waals surface area contributed by atoms with Gasteiger partial charge in [-0.2, -0.15) is 0 Å². The van der Waals surface area contributed by atoms with E-state index in [4.69, 9.17) is 33.7 Å². The zero-order valence-electron chi connectivity index (χ0n) is 9.64. The van der Waals surface area contributed by atoms with Gasteiger partial charge in [-0.05, 0) is 29.8 Å². The SMILES string of the molecule is NC(COc1ccccc1Cl)c1ccc(Cl)cc1. The number of halogens is 2. The smallest absolute Gasteiger partial charge is 0.137 e. The van der Waals surface area contributed by atoms with E-state index in [2.05, 4.69) is 0 Å². The molecule has 0 bridgehead atoms. The van der Waals surface area contributed by atoms with E-state index < -0.39 is 0 Å². The molecule has 2 N–H and O–H groups in total. The highest BCUT2D eigenvalue weighted by Gasteiger charge is 2.08. The fourth-order valence-electron chi connectivity index (χ4n) is 1.55. The predicted octanol–water partition coefficient (Wildman–Crippen LogP) is 4.07. The molecule has 0 saturated heterocycles. The number of hydrogen-bond acceptors (Lipinski definition) is 2. The van der Waals surface area contributed by atoms with Crippen LogP contribution in [-0.2, 0) is 0 Å². The molecule has 0 aliphatic rings. The van der Waals surface area contributed by atoms with Gasteiger partial charge >= 0.3 is 0 Å². The average molecular weight is 282 g/mol. The highest BCUT2D eigenvalue weighted by atomic mass is 35.5. The first kappa shape index (κ1) is 13.2. The number of para-hydroxylation sites is 1. The normalized spacial score (nSPS) is 12.2. The summed E-state index contributed by atoms with van der Waals surface area (Å²) in [6.07, 6.45) is 0. The number of ether oxygens (including phenoxy) is 1. The zero-order chi connectivity index (χ0) is 13.0. The van der Waals surface area contributed by atoms with Gasteiger partial charge in [-0.25, -0.2) is 0 Å². The Morgan fingerprint density at radius 2 is 1.67 bits per heavy atom. The molecular weight excluding hydrogens is 269 g/mol. The third kappa shape index (κ3) is 3.39. The molecule has 0 spiro atoms. The Labute approximate surface area is 116 Å². The molecule has 0 aliphatic carbocycles. The van der Waals surface area contributed by atoms with Crippen molar-refractivity contribution in [2.24, 2.45) is 5.73 Å². The van der Waals surface area contributed by atoms with Crippen LogP contribution in [0.15, 0.2) is 48.5 Å². The molecule has 2 rings (SSSR count). The minimum absolute atomic E-state index is 0.210. The minimum atomic E-state index is -0.210. The lowest BCUT2D eigenvalue weighted by Crippen LogP contribution is -2.18. The van der Waals surface area contributed by atoms with Crippen LogP contribution in [0.1, 0.15) is 11.6 Å². The Bertz CT molecular complexity index is 513. The molecule has 0 saturated carbocycles. The van der Waals surface area contributed by atoms with Crippen LogP contribution < -0.4 is 10.5 Å². The minimum Gasteiger partial charge on any atom is -0.490 e. The van der Waals surface area contributed by atoms with E-state index in [1.165, 1.54) is 0 Å². The van der Waals surface area contributed by atoms with Crippen LogP contribution >= 0.6 is 23.2 Å². The standard InChI is InChI=1S/C14H13Cl2NO/c15-11-7-5-10(6-8-11)13(17)9-18-14-4-2-1-3-12(14)16/h1-8,13H,9,17H2. The summed E-state index contributed by atoms with van der Waals surface area (Å²) >= 11 is 11.8. The molecule has 0 aliphatic heterocycles. The van der Waals surface area contributed by atoms with Crippen LogP contribution in [0.25, 0.3) is 0 Å². The van der Waals surface area contributed by atoms with Crippen LogP contribution in [-0.4, -0.2) is 6.61 Å². The lowest BCUT2D eigenvalue weighted by Gasteiger charge is -2.14. The van der Waals surface area contributed by atoms with Gasteiger partial charge in [0.15, 0.2) is 0 Å². The third-order valence-electron chi connectivity index (χ3n) is 2.55. The Balaban J connectivity index is 1.98. The van der Waals surface area contributed by atoms with Gasteiger partial charge < -0.3 is 10.5 Å².